The van der Waals surface area contributed by atoms with E-state index in [1.165, 1.54) is 5.56 Å². The average molecular weight is 288 g/mol. The molecule has 0 amide bonds. The Morgan fingerprint density at radius 1 is 1.20 bits per heavy atom. The normalized spacial score (nSPS) is 13.2. The van der Waals surface area contributed by atoms with Crippen LogP contribution in [0.15, 0.2) is 34.7 Å². The number of fused-ring (bicyclic) bond motifs is 3. The number of hydrogen-bond donors (Lipinski definition) is 1. The monoisotopic (exact) mass is 287 g/mol. The first kappa shape index (κ1) is 13.5. The molecule has 1 unspecified atom stereocenters. The summed E-state index contributed by atoms with van der Waals surface area (Å²) in [5.74, 6) is 0.995. The van der Waals surface area contributed by atoms with Gasteiger partial charge in [-0.15, -0.1) is 0 Å². The maximum Gasteiger partial charge on any atom is 0.142 e. The number of rotatable bonds is 3. The lowest BCUT2D eigenvalue weighted by molar-refractivity contribution is 0.457. The molecule has 0 fully saturated rings. The summed E-state index contributed by atoms with van der Waals surface area (Å²) < 4.78 is 6.16. The van der Waals surface area contributed by atoms with E-state index in [0.717, 1.165) is 39.1 Å². The second-order valence-electron chi connectivity index (χ2n) is 5.15. The largest absolute Gasteiger partial charge is 0.458 e. The number of furan rings is 1. The van der Waals surface area contributed by atoms with Crippen LogP contribution in [0.4, 0.5) is 0 Å². The fourth-order valence-corrected chi connectivity index (χ4v) is 3.10. The predicted molar refractivity (Wildman–Crippen MR) is 85.6 cm³/mol. The van der Waals surface area contributed by atoms with E-state index in [1.54, 1.807) is 0 Å². The van der Waals surface area contributed by atoms with Crippen molar-refractivity contribution in [3.63, 3.8) is 0 Å². The molecule has 0 radical (unpaired) electrons. The molecule has 3 heteroatoms. The third-order valence-electron chi connectivity index (χ3n) is 3.83. The Morgan fingerprint density at radius 3 is 2.60 bits per heavy atom. The van der Waals surface area contributed by atoms with Gasteiger partial charge in [0.1, 0.15) is 11.3 Å². The summed E-state index contributed by atoms with van der Waals surface area (Å²) in [6.07, 6.45) is 0. The molecule has 0 aliphatic heterocycles. The zero-order valence-corrected chi connectivity index (χ0v) is 12.7. The fourth-order valence-electron chi connectivity index (χ4n) is 2.82. The molecule has 1 aromatic heterocycles. The summed E-state index contributed by atoms with van der Waals surface area (Å²) in [4.78, 5) is 0. The zero-order chi connectivity index (χ0) is 14.3. The first-order valence-electron chi connectivity index (χ1n) is 6.97. The van der Waals surface area contributed by atoms with Gasteiger partial charge in [0, 0.05) is 26.7 Å². The second-order valence-corrected chi connectivity index (χ2v) is 5.56. The van der Waals surface area contributed by atoms with Crippen LogP contribution in [0.5, 0.6) is 0 Å². The molecule has 0 bridgehead atoms. The Balaban J connectivity index is 2.33. The van der Waals surface area contributed by atoms with Gasteiger partial charge in [-0.25, -0.2) is 0 Å². The predicted octanol–water partition coefficient (Wildman–Crippen LogP) is 5.22. The van der Waals surface area contributed by atoms with Gasteiger partial charge in [-0.05, 0) is 26.5 Å². The maximum atomic E-state index is 6.40. The molecule has 0 aliphatic rings. The Morgan fingerprint density at radius 2 is 1.90 bits per heavy atom. The van der Waals surface area contributed by atoms with E-state index in [9.17, 15) is 0 Å². The molecule has 2 aromatic carbocycles. The first-order valence-corrected chi connectivity index (χ1v) is 7.35. The van der Waals surface area contributed by atoms with E-state index in [1.807, 2.05) is 24.3 Å². The SMILES string of the molecule is CCNC(C)c1oc2c(cc(Cl)c3ccccc32)c1C. The topological polar surface area (TPSA) is 25.2 Å². The lowest BCUT2D eigenvalue weighted by atomic mass is 10.0. The van der Waals surface area contributed by atoms with Gasteiger partial charge in [0.05, 0.1) is 6.04 Å². The van der Waals surface area contributed by atoms with Crippen molar-refractivity contribution in [2.24, 2.45) is 0 Å². The zero-order valence-electron chi connectivity index (χ0n) is 12.0. The minimum atomic E-state index is 0.199. The van der Waals surface area contributed by atoms with Crippen LogP contribution in [-0.2, 0) is 0 Å². The molecule has 0 saturated carbocycles. The number of hydrogen-bond acceptors (Lipinski definition) is 2. The molecule has 3 aromatic rings. The molecular weight excluding hydrogens is 270 g/mol. The molecule has 0 aliphatic carbocycles. The molecule has 1 N–H and O–H groups in total. The molecule has 104 valence electrons. The van der Waals surface area contributed by atoms with Crippen LogP contribution in [0.2, 0.25) is 5.02 Å². The van der Waals surface area contributed by atoms with Gasteiger partial charge >= 0.3 is 0 Å². The summed E-state index contributed by atoms with van der Waals surface area (Å²) in [6.45, 7) is 7.23. The van der Waals surface area contributed by atoms with E-state index in [-0.39, 0.29) is 6.04 Å². The molecule has 2 nitrogen and oxygen atoms in total. The van der Waals surface area contributed by atoms with Crippen molar-refractivity contribution in [2.45, 2.75) is 26.8 Å². The molecule has 0 spiro atoms. The van der Waals surface area contributed by atoms with Crippen LogP contribution in [0, 0.1) is 6.92 Å². The highest BCUT2D eigenvalue weighted by molar-refractivity contribution is 6.37. The van der Waals surface area contributed by atoms with Crippen molar-refractivity contribution in [3.8, 4) is 0 Å². The van der Waals surface area contributed by atoms with Crippen LogP contribution in [0.3, 0.4) is 0 Å². The van der Waals surface area contributed by atoms with Gasteiger partial charge in [-0.1, -0.05) is 42.8 Å². The summed E-state index contributed by atoms with van der Waals surface area (Å²) in [7, 11) is 0. The highest BCUT2D eigenvalue weighted by Gasteiger charge is 2.18. The Kier molecular flexibility index (Phi) is 3.45. The van der Waals surface area contributed by atoms with Gasteiger partial charge in [0.25, 0.3) is 0 Å². The highest BCUT2D eigenvalue weighted by atomic mass is 35.5. The smallest absolute Gasteiger partial charge is 0.142 e. The van der Waals surface area contributed by atoms with Crippen molar-refractivity contribution in [1.29, 1.82) is 0 Å². The van der Waals surface area contributed by atoms with Gasteiger partial charge in [0.15, 0.2) is 0 Å². The van der Waals surface area contributed by atoms with Gasteiger partial charge in [-0.2, -0.15) is 0 Å². The lowest BCUT2D eigenvalue weighted by Gasteiger charge is -2.09. The van der Waals surface area contributed by atoms with Crippen molar-refractivity contribution >= 4 is 33.3 Å². The van der Waals surface area contributed by atoms with Gasteiger partial charge in [0.2, 0.25) is 0 Å². The third kappa shape index (κ3) is 2.00. The van der Waals surface area contributed by atoms with Crippen LogP contribution >= 0.6 is 11.6 Å². The Labute approximate surface area is 123 Å². The average Bonchev–Trinajstić information content (AvgIpc) is 2.77. The molecule has 1 heterocycles. The summed E-state index contributed by atoms with van der Waals surface area (Å²) in [6, 6.07) is 10.3. The van der Waals surface area contributed by atoms with Gasteiger partial charge in [-0.3, -0.25) is 0 Å². The maximum absolute atomic E-state index is 6.40. The van der Waals surface area contributed by atoms with Gasteiger partial charge < -0.3 is 9.73 Å². The summed E-state index contributed by atoms with van der Waals surface area (Å²) in [5.41, 5.74) is 2.10. The Hall–Kier alpha value is -1.51. The Bertz CT molecular complexity index is 775. The number of nitrogens with one attached hydrogen (secondary N) is 1. The minimum Gasteiger partial charge on any atom is -0.458 e. The molecule has 3 rings (SSSR count). The minimum absolute atomic E-state index is 0.199. The summed E-state index contributed by atoms with van der Waals surface area (Å²) >= 11 is 6.40. The molecule has 20 heavy (non-hydrogen) atoms. The number of halogens is 1. The number of benzene rings is 2. The second kappa shape index (κ2) is 5.12. The highest BCUT2D eigenvalue weighted by Crippen LogP contribution is 2.37. The van der Waals surface area contributed by atoms with Crippen LogP contribution in [0.1, 0.15) is 31.2 Å². The molecule has 0 saturated heterocycles. The molecular formula is C17H18ClNO. The first-order chi connectivity index (χ1) is 9.63. The quantitative estimate of drug-likeness (QED) is 0.714. The van der Waals surface area contributed by atoms with E-state index in [4.69, 9.17) is 16.0 Å². The van der Waals surface area contributed by atoms with Crippen molar-refractivity contribution in [3.05, 3.63) is 46.7 Å². The van der Waals surface area contributed by atoms with E-state index in [2.05, 4.69) is 32.2 Å². The summed E-state index contributed by atoms with van der Waals surface area (Å²) in [5, 5.41) is 7.40. The number of aryl methyl sites for hydroxylation is 1. The third-order valence-corrected chi connectivity index (χ3v) is 4.15. The van der Waals surface area contributed by atoms with Crippen molar-refractivity contribution in [2.75, 3.05) is 6.54 Å². The van der Waals surface area contributed by atoms with E-state index >= 15 is 0 Å². The van der Waals surface area contributed by atoms with Crippen molar-refractivity contribution < 1.29 is 4.42 Å². The molecule has 1 atom stereocenters. The van der Waals surface area contributed by atoms with Crippen LogP contribution in [-0.4, -0.2) is 6.54 Å². The van der Waals surface area contributed by atoms with Crippen LogP contribution in [0.25, 0.3) is 21.7 Å². The van der Waals surface area contributed by atoms with Crippen molar-refractivity contribution in [1.82, 2.24) is 5.32 Å². The standard InChI is InChI=1S/C17H18ClNO/c1-4-19-11(3)16-10(2)14-9-15(18)12-7-5-6-8-13(12)17(14)20-16/h5-9,11,19H,4H2,1-3H3. The fraction of sp³-hybridized carbons (Fsp3) is 0.294. The lowest BCUT2D eigenvalue weighted by Crippen LogP contribution is -2.17. The van der Waals surface area contributed by atoms with Crippen LogP contribution < -0.4 is 5.32 Å². The van der Waals surface area contributed by atoms with E-state index < -0.39 is 0 Å². The van der Waals surface area contributed by atoms with E-state index in [0.29, 0.717) is 0 Å².